The van der Waals surface area contributed by atoms with Gasteiger partial charge in [0.15, 0.2) is 22.7 Å². The van der Waals surface area contributed by atoms with Gasteiger partial charge in [0, 0.05) is 28.5 Å². The van der Waals surface area contributed by atoms with E-state index in [2.05, 4.69) is 57.3 Å². The Bertz CT molecular complexity index is 3230. The van der Waals surface area contributed by atoms with Gasteiger partial charge >= 0.3 is 5.97 Å². The first kappa shape index (κ1) is 47.1. The Hall–Kier alpha value is -8.60. The molecule has 1 aliphatic carbocycles. The molecule has 3 N–H and O–H groups in total. The first-order chi connectivity index (χ1) is 35.2. The highest BCUT2D eigenvalue weighted by atomic mass is 32.2. The maximum Gasteiger partial charge on any atom is 0.356 e. The van der Waals surface area contributed by atoms with E-state index in [0.29, 0.717) is 21.8 Å². The standard InChI is InChI=1S/C56H45N7O7S2/c1-69-61-47(44-35-72-55(58-44)60-56(41-23-11-4-12-24-41,42-25-13-5-14-26-42)43-27-15-6-16-28-43)51(66)59-48-52(67)63-49(54(68)70-50(36-18-7-2-8-19-36)37-20-9-3-10-21-37)38(34-71-53(48)63)22-17-29-62-33-40-31-46(65)45(64)30-39(40)32-57-62/h2-28,30-33,35,48,50,53,65H,29,34H2,1H3,(H,58,60)(H,59,66)/b22-17+,61-47-. The van der Waals surface area contributed by atoms with Gasteiger partial charge in [-0.05, 0) is 45.5 Å². The molecule has 6 aromatic rings. The summed E-state index contributed by atoms with van der Waals surface area (Å²) in [6.07, 6.45) is 5.99. The number of anilines is 1. The molecule has 0 bridgehead atoms. The molecule has 0 saturated carbocycles. The van der Waals surface area contributed by atoms with Crippen LogP contribution in [0.2, 0.25) is 0 Å². The van der Waals surface area contributed by atoms with Crippen LogP contribution < -0.4 is 16.1 Å². The summed E-state index contributed by atoms with van der Waals surface area (Å²) >= 11 is 2.68. The monoisotopic (exact) mass is 991 g/mol. The maximum atomic E-state index is 14.7. The fraction of sp³-hybridized carbons (Fsp3) is 0.125. The Balaban J connectivity index is 0.928. The van der Waals surface area contributed by atoms with Gasteiger partial charge in [0.25, 0.3) is 11.8 Å². The Morgan fingerprint density at radius 2 is 1.42 bits per heavy atom. The molecule has 0 spiro atoms. The predicted molar refractivity (Wildman–Crippen MR) is 277 cm³/mol. The van der Waals surface area contributed by atoms with E-state index < -0.39 is 46.3 Å². The minimum absolute atomic E-state index is 0.0476. The number of nitrogens with zero attached hydrogens (tertiary/aromatic N) is 5. The van der Waals surface area contributed by atoms with Crippen LogP contribution in [0.3, 0.4) is 0 Å². The van der Waals surface area contributed by atoms with Gasteiger partial charge in [-0.25, -0.2) is 9.78 Å². The van der Waals surface area contributed by atoms with Crippen LogP contribution >= 0.6 is 23.1 Å². The lowest BCUT2D eigenvalue weighted by Gasteiger charge is -2.49. The minimum Gasteiger partial charge on any atom is -0.504 e. The molecule has 1 fully saturated rings. The van der Waals surface area contributed by atoms with Gasteiger partial charge in [-0.15, -0.1) is 23.1 Å². The number of nitrogens with one attached hydrogen (secondary N) is 2. The van der Waals surface area contributed by atoms with Crippen molar-refractivity contribution in [2.75, 3.05) is 18.2 Å². The predicted octanol–water partition coefficient (Wildman–Crippen LogP) is 8.51. The van der Waals surface area contributed by atoms with Crippen LogP contribution in [0.15, 0.2) is 215 Å². The van der Waals surface area contributed by atoms with Crippen molar-refractivity contribution < 1.29 is 29.1 Å². The van der Waals surface area contributed by atoms with Crippen LogP contribution in [0.25, 0.3) is 11.1 Å². The number of hydrogen-bond donors (Lipinski definition) is 3. The van der Waals surface area contributed by atoms with Gasteiger partial charge in [-0.2, -0.15) is 5.10 Å². The SMILES string of the molecule is CO/N=C(\C(=O)NC1C(=O)N2C(C(=O)OC(c3ccccc3)c3ccccc3)=C(/C=C/Cn3cc4cc(O)c(=O)cc-4cn3)CSC12)c1csc(NC(c2ccccc2)(c2ccccc2)c2ccccc2)n1. The molecule has 4 heterocycles. The molecule has 358 valence electrons. The molecule has 72 heavy (non-hydrogen) atoms. The number of aromatic hydroxyl groups is 1. The van der Waals surface area contributed by atoms with Crippen LogP contribution in [0.5, 0.6) is 5.75 Å². The lowest BCUT2D eigenvalue weighted by Crippen LogP contribution is -2.71. The summed E-state index contributed by atoms with van der Waals surface area (Å²) in [6, 6.07) is 50.6. The summed E-state index contributed by atoms with van der Waals surface area (Å²) in [4.78, 5) is 67.0. The molecule has 4 aliphatic rings. The summed E-state index contributed by atoms with van der Waals surface area (Å²) in [5.74, 6) is -2.02. The number of amides is 2. The Morgan fingerprint density at radius 3 is 2.00 bits per heavy atom. The zero-order chi connectivity index (χ0) is 49.6. The number of phenolic OH excluding ortho intramolecular Hbond substituents is 1. The molecule has 14 nitrogen and oxygen atoms in total. The number of benzene rings is 6. The molecular weight excluding hydrogens is 947 g/mol. The van der Waals surface area contributed by atoms with Crippen molar-refractivity contribution in [3.63, 3.8) is 0 Å². The van der Waals surface area contributed by atoms with Crippen molar-refractivity contribution in [2.45, 2.75) is 29.6 Å². The number of phenols is 1. The van der Waals surface area contributed by atoms with E-state index in [1.807, 2.05) is 115 Å². The van der Waals surface area contributed by atoms with E-state index in [4.69, 9.17) is 14.6 Å². The van der Waals surface area contributed by atoms with E-state index in [1.54, 1.807) is 28.4 Å². The zero-order valence-electron chi connectivity index (χ0n) is 38.6. The molecule has 2 atom stereocenters. The molecule has 3 aliphatic heterocycles. The van der Waals surface area contributed by atoms with E-state index in [1.165, 1.54) is 53.4 Å². The number of carbonyl (C=O) groups is 3. The average molecular weight is 992 g/mol. The molecule has 1 aromatic heterocycles. The number of β-lactam (4-membered cyclic amide) rings is 1. The number of allylic oxidation sites excluding steroid dienone is 2. The minimum atomic E-state index is -1.04. The van der Waals surface area contributed by atoms with Crippen molar-refractivity contribution in [3.05, 3.63) is 249 Å². The van der Waals surface area contributed by atoms with Crippen LogP contribution in [-0.2, 0) is 36.0 Å². The number of aromatic nitrogens is 3. The molecule has 10 rings (SSSR count). The first-order valence-corrected chi connectivity index (χ1v) is 24.8. The summed E-state index contributed by atoms with van der Waals surface area (Å²) in [5.41, 5.74) is 4.84. The fourth-order valence-electron chi connectivity index (χ4n) is 8.95. The zero-order valence-corrected chi connectivity index (χ0v) is 40.2. The number of rotatable bonds is 16. The van der Waals surface area contributed by atoms with Crippen molar-refractivity contribution in [1.29, 1.82) is 0 Å². The molecule has 2 unspecified atom stereocenters. The highest BCUT2D eigenvalue weighted by Crippen LogP contribution is 2.43. The van der Waals surface area contributed by atoms with Crippen molar-refractivity contribution in [3.8, 4) is 16.9 Å². The highest BCUT2D eigenvalue weighted by molar-refractivity contribution is 8.00. The van der Waals surface area contributed by atoms with Gasteiger partial charge in [-0.1, -0.05) is 169 Å². The second-order valence-electron chi connectivity index (χ2n) is 16.8. The number of fused-ring (bicyclic) bond motifs is 2. The third-order valence-corrected chi connectivity index (χ3v) is 14.4. The number of esters is 1. The maximum absolute atomic E-state index is 14.7. The van der Waals surface area contributed by atoms with Crippen LogP contribution in [0.1, 0.15) is 39.6 Å². The summed E-state index contributed by atoms with van der Waals surface area (Å²) in [7, 11) is 1.33. The molecule has 2 amide bonds. The van der Waals surface area contributed by atoms with Gasteiger partial charge in [-0.3, -0.25) is 24.0 Å². The molecular formula is C56H45N7O7S2. The van der Waals surface area contributed by atoms with Gasteiger partial charge in [0.2, 0.25) is 5.43 Å². The fourth-order valence-corrected chi connectivity index (χ4v) is 11.0. The van der Waals surface area contributed by atoms with E-state index in [-0.39, 0.29) is 35.1 Å². The number of hydrogen-bond acceptors (Lipinski definition) is 13. The van der Waals surface area contributed by atoms with Gasteiger partial charge in [0.05, 0.1) is 12.7 Å². The van der Waals surface area contributed by atoms with E-state index in [0.717, 1.165) is 27.8 Å². The average Bonchev–Trinajstić information content (AvgIpc) is 3.89. The summed E-state index contributed by atoms with van der Waals surface area (Å²) in [6.45, 7) is 0.250. The molecule has 16 heteroatoms. The van der Waals surface area contributed by atoms with Gasteiger partial charge in [0.1, 0.15) is 35.5 Å². The number of thioether (sulfide) groups is 1. The second kappa shape index (κ2) is 20.8. The van der Waals surface area contributed by atoms with Crippen LogP contribution in [0.4, 0.5) is 5.13 Å². The first-order valence-electron chi connectivity index (χ1n) is 22.9. The van der Waals surface area contributed by atoms with Crippen molar-refractivity contribution in [1.82, 2.24) is 25.0 Å². The number of oxime groups is 1. The topological polar surface area (TPSA) is 177 Å². The molecule has 5 aromatic carbocycles. The second-order valence-corrected chi connectivity index (χ2v) is 18.8. The normalized spacial score (nSPS) is 15.8. The van der Waals surface area contributed by atoms with Gasteiger partial charge < -0.3 is 25.3 Å². The van der Waals surface area contributed by atoms with Crippen LogP contribution in [-0.4, -0.2) is 72.5 Å². The lowest BCUT2D eigenvalue weighted by molar-refractivity contribution is -0.154. The largest absolute Gasteiger partial charge is 0.504 e. The number of ether oxygens (including phenoxy) is 1. The third-order valence-electron chi connectivity index (χ3n) is 12.4. The van der Waals surface area contributed by atoms with Crippen molar-refractivity contribution in [2.24, 2.45) is 5.16 Å². The molecule has 0 radical (unpaired) electrons. The van der Waals surface area contributed by atoms with E-state index in [9.17, 15) is 24.3 Å². The number of carbonyl (C=O) groups excluding carboxylic acids is 3. The highest BCUT2D eigenvalue weighted by Gasteiger charge is 2.55. The Labute approximate surface area is 422 Å². The van der Waals surface area contributed by atoms with E-state index >= 15 is 0 Å². The molecule has 1 saturated heterocycles. The quantitative estimate of drug-likeness (QED) is 0.0278. The van der Waals surface area contributed by atoms with Crippen LogP contribution in [0, 0.1) is 0 Å². The Morgan fingerprint density at radius 1 is 0.833 bits per heavy atom. The lowest BCUT2D eigenvalue weighted by atomic mass is 9.77. The third kappa shape index (κ3) is 9.40. The summed E-state index contributed by atoms with van der Waals surface area (Å²) in [5, 5.41) is 26.7. The number of thiazole rings is 1. The smallest absolute Gasteiger partial charge is 0.356 e. The van der Waals surface area contributed by atoms with Crippen molar-refractivity contribution >= 4 is 51.7 Å². The summed E-state index contributed by atoms with van der Waals surface area (Å²) < 4.78 is 7.98. The Kier molecular flexibility index (Phi) is 13.6.